The van der Waals surface area contributed by atoms with Crippen LogP contribution in [0.5, 0.6) is 0 Å². The molecule has 0 aromatic rings. The zero-order valence-electron chi connectivity index (χ0n) is 22.0. The lowest BCUT2D eigenvalue weighted by molar-refractivity contribution is -0.145. The lowest BCUT2D eigenvalue weighted by atomic mass is 9.90. The van der Waals surface area contributed by atoms with E-state index in [2.05, 4.69) is 0 Å². The van der Waals surface area contributed by atoms with Gasteiger partial charge in [0.25, 0.3) is 0 Å². The van der Waals surface area contributed by atoms with Crippen molar-refractivity contribution in [2.24, 2.45) is 11.8 Å². The second kappa shape index (κ2) is 16.3. The Bertz CT molecular complexity index is 760. The van der Waals surface area contributed by atoms with E-state index in [0.717, 1.165) is 0 Å². The highest BCUT2D eigenvalue weighted by molar-refractivity contribution is 5.82. The third-order valence-electron chi connectivity index (χ3n) is 6.85. The van der Waals surface area contributed by atoms with Crippen LogP contribution >= 0.6 is 0 Å². The van der Waals surface area contributed by atoms with Crippen molar-refractivity contribution >= 4 is 29.7 Å². The van der Waals surface area contributed by atoms with Gasteiger partial charge >= 0.3 is 23.9 Å². The van der Waals surface area contributed by atoms with Gasteiger partial charge in [-0.3, -0.25) is 43.6 Å². The number of hydrogen-bond acceptors (Lipinski definition) is 9. The summed E-state index contributed by atoms with van der Waals surface area (Å²) in [6.45, 7) is 6.65. The summed E-state index contributed by atoms with van der Waals surface area (Å²) in [4.78, 5) is 65.5. The van der Waals surface area contributed by atoms with Gasteiger partial charge in [0.2, 0.25) is 0 Å². The number of carboxylic acid groups (broad SMARTS) is 4. The zero-order chi connectivity index (χ0) is 28.1. The molecule has 1 rings (SSSR count). The van der Waals surface area contributed by atoms with Crippen molar-refractivity contribution < 1.29 is 44.4 Å². The fourth-order valence-electron chi connectivity index (χ4n) is 4.25. The van der Waals surface area contributed by atoms with Gasteiger partial charge in [-0.05, 0) is 12.3 Å². The molecule has 0 radical (unpaired) electrons. The van der Waals surface area contributed by atoms with Gasteiger partial charge in [-0.2, -0.15) is 0 Å². The maximum absolute atomic E-state index is 12.6. The SMILES string of the molecule is CC(C)C(C)C(=O)CCC(C(=O)O)N1CCN(CC(=O)O)CCN(CC(=O)O)CCN(CC(=O)O)CC1. The van der Waals surface area contributed by atoms with E-state index in [1.54, 1.807) is 19.6 Å². The lowest BCUT2D eigenvalue weighted by Crippen LogP contribution is -2.52. The highest BCUT2D eigenvalue weighted by atomic mass is 16.4. The monoisotopic (exact) mass is 530 g/mol. The number of Topliss-reactive ketones (excluding diaryl/α,β-unsaturated/α-hetero) is 1. The molecule has 0 amide bonds. The van der Waals surface area contributed by atoms with Crippen molar-refractivity contribution in [2.75, 3.05) is 72.0 Å². The number of ketones is 1. The van der Waals surface area contributed by atoms with E-state index in [0.29, 0.717) is 0 Å². The van der Waals surface area contributed by atoms with Crippen molar-refractivity contribution in [1.29, 1.82) is 0 Å². The number of carboxylic acids is 4. The third kappa shape index (κ3) is 13.0. The molecule has 0 aliphatic carbocycles. The van der Waals surface area contributed by atoms with Crippen molar-refractivity contribution in [3.8, 4) is 0 Å². The number of carbonyl (C=O) groups excluding carboxylic acids is 1. The average Bonchev–Trinajstić information content (AvgIpc) is 2.78. The maximum Gasteiger partial charge on any atom is 0.320 e. The molecule has 0 aromatic carbocycles. The summed E-state index contributed by atoms with van der Waals surface area (Å²) in [6.07, 6.45) is 0.185. The first-order valence-electron chi connectivity index (χ1n) is 12.6. The highest BCUT2D eigenvalue weighted by Crippen LogP contribution is 2.17. The average molecular weight is 531 g/mol. The van der Waals surface area contributed by atoms with Crippen LogP contribution in [0, 0.1) is 11.8 Å². The predicted octanol–water partition coefficient (Wildman–Crippen LogP) is -0.444. The molecule has 13 heteroatoms. The van der Waals surface area contributed by atoms with Gasteiger partial charge in [0.15, 0.2) is 0 Å². The summed E-state index contributed by atoms with van der Waals surface area (Å²) in [5, 5.41) is 37.9. The summed E-state index contributed by atoms with van der Waals surface area (Å²) in [5.41, 5.74) is 0. The molecule has 1 aliphatic heterocycles. The summed E-state index contributed by atoms with van der Waals surface area (Å²) in [5.74, 6) is -4.34. The van der Waals surface area contributed by atoms with E-state index in [4.69, 9.17) is 0 Å². The van der Waals surface area contributed by atoms with E-state index >= 15 is 0 Å². The standard InChI is InChI=1S/C24H42N4O9/c1-17(2)18(3)20(29)5-4-19(24(36)37)28-12-10-26(15-22(32)33)8-6-25(14-21(30)31)7-9-27(11-13-28)16-23(34)35/h17-19H,4-16H2,1-3H3,(H,30,31)(H,32,33)(H,34,35)(H,36,37). The number of nitrogens with zero attached hydrogens (tertiary/aromatic N) is 4. The van der Waals surface area contributed by atoms with Gasteiger partial charge in [0, 0.05) is 64.7 Å². The highest BCUT2D eigenvalue weighted by Gasteiger charge is 2.29. The fourth-order valence-corrected chi connectivity index (χ4v) is 4.25. The van der Waals surface area contributed by atoms with E-state index in [1.165, 1.54) is 0 Å². The topological polar surface area (TPSA) is 179 Å². The molecular formula is C24H42N4O9. The van der Waals surface area contributed by atoms with Gasteiger partial charge in [-0.1, -0.05) is 20.8 Å². The van der Waals surface area contributed by atoms with Crippen LogP contribution < -0.4 is 0 Å². The van der Waals surface area contributed by atoms with Gasteiger partial charge in [0.1, 0.15) is 11.8 Å². The quantitative estimate of drug-likeness (QED) is 0.241. The van der Waals surface area contributed by atoms with E-state index in [-0.39, 0.29) is 102 Å². The third-order valence-corrected chi connectivity index (χ3v) is 6.85. The molecule has 4 N–H and O–H groups in total. The molecule has 2 unspecified atom stereocenters. The van der Waals surface area contributed by atoms with Gasteiger partial charge in [0.05, 0.1) is 19.6 Å². The molecule has 0 aromatic heterocycles. The Morgan fingerprint density at radius 2 is 0.973 bits per heavy atom. The molecule has 1 fully saturated rings. The number of carbonyl (C=O) groups is 5. The Morgan fingerprint density at radius 1 is 0.622 bits per heavy atom. The number of aliphatic carboxylic acids is 4. The van der Waals surface area contributed by atoms with Crippen LogP contribution in [0.25, 0.3) is 0 Å². The minimum absolute atomic E-state index is 0.0193. The van der Waals surface area contributed by atoms with Crippen molar-refractivity contribution in [3.05, 3.63) is 0 Å². The molecule has 1 aliphatic rings. The van der Waals surface area contributed by atoms with Crippen LogP contribution in [-0.4, -0.2) is 148 Å². The predicted molar refractivity (Wildman–Crippen MR) is 133 cm³/mol. The molecule has 212 valence electrons. The molecule has 0 spiro atoms. The van der Waals surface area contributed by atoms with Crippen molar-refractivity contribution in [3.63, 3.8) is 0 Å². The van der Waals surface area contributed by atoms with Gasteiger partial charge in [-0.25, -0.2) is 0 Å². The van der Waals surface area contributed by atoms with E-state index in [9.17, 15) is 44.4 Å². The van der Waals surface area contributed by atoms with Crippen molar-refractivity contribution in [2.45, 2.75) is 39.7 Å². The van der Waals surface area contributed by atoms with Crippen LogP contribution in [0.15, 0.2) is 0 Å². The molecule has 13 nitrogen and oxygen atoms in total. The molecular weight excluding hydrogens is 488 g/mol. The Labute approximate surface area is 217 Å². The van der Waals surface area contributed by atoms with Crippen LogP contribution in [0.1, 0.15) is 33.6 Å². The molecule has 37 heavy (non-hydrogen) atoms. The van der Waals surface area contributed by atoms with E-state index in [1.807, 2.05) is 20.8 Å². The molecule has 1 saturated heterocycles. The summed E-state index contributed by atoms with van der Waals surface area (Å²) >= 11 is 0. The molecule has 0 bridgehead atoms. The van der Waals surface area contributed by atoms with Crippen LogP contribution in [0.2, 0.25) is 0 Å². The normalized spacial score (nSPS) is 19.5. The second-order valence-electron chi connectivity index (χ2n) is 9.94. The Kier molecular flexibility index (Phi) is 14.3. The Morgan fingerprint density at radius 3 is 1.27 bits per heavy atom. The fraction of sp³-hybridized carbons (Fsp3) is 0.792. The Balaban J connectivity index is 3.14. The maximum atomic E-state index is 12.6. The minimum Gasteiger partial charge on any atom is -0.480 e. The largest absolute Gasteiger partial charge is 0.480 e. The first-order chi connectivity index (χ1) is 17.3. The Hall–Kier alpha value is -2.61. The summed E-state index contributed by atoms with van der Waals surface area (Å²) < 4.78 is 0. The van der Waals surface area contributed by atoms with Crippen LogP contribution in [-0.2, 0) is 24.0 Å². The summed E-state index contributed by atoms with van der Waals surface area (Å²) in [6, 6.07) is -0.992. The lowest BCUT2D eigenvalue weighted by Gasteiger charge is -2.35. The minimum atomic E-state index is -1.10. The van der Waals surface area contributed by atoms with Crippen LogP contribution in [0.3, 0.4) is 0 Å². The first kappa shape index (κ1) is 32.4. The molecule has 2 atom stereocenters. The number of hydrogen-bond donors (Lipinski definition) is 4. The second-order valence-corrected chi connectivity index (χ2v) is 9.94. The molecule has 0 saturated carbocycles. The van der Waals surface area contributed by atoms with Crippen LogP contribution in [0.4, 0.5) is 0 Å². The molecule has 1 heterocycles. The summed E-state index contributed by atoms with van der Waals surface area (Å²) in [7, 11) is 0. The zero-order valence-corrected chi connectivity index (χ0v) is 22.0. The smallest absolute Gasteiger partial charge is 0.320 e. The van der Waals surface area contributed by atoms with Gasteiger partial charge in [-0.15, -0.1) is 0 Å². The van der Waals surface area contributed by atoms with Crippen molar-refractivity contribution in [1.82, 2.24) is 19.6 Å². The van der Waals surface area contributed by atoms with E-state index < -0.39 is 29.9 Å². The first-order valence-corrected chi connectivity index (χ1v) is 12.6. The van der Waals surface area contributed by atoms with Gasteiger partial charge < -0.3 is 20.4 Å². The number of rotatable bonds is 13.